The second-order valence-electron chi connectivity index (χ2n) is 9.08. The van der Waals surface area contributed by atoms with E-state index >= 15 is 0 Å². The van der Waals surface area contributed by atoms with E-state index in [2.05, 4.69) is 43.9 Å². The van der Waals surface area contributed by atoms with Crippen molar-refractivity contribution < 1.29 is 9.59 Å². The van der Waals surface area contributed by atoms with Crippen molar-refractivity contribution >= 4 is 17.5 Å². The summed E-state index contributed by atoms with van der Waals surface area (Å²) >= 11 is 0. The Balaban J connectivity index is 1.40. The Morgan fingerprint density at radius 2 is 1.64 bits per heavy atom. The van der Waals surface area contributed by atoms with Gasteiger partial charge in [-0.15, -0.1) is 0 Å². The van der Waals surface area contributed by atoms with E-state index in [1.807, 2.05) is 9.80 Å². The number of rotatable bonds is 3. The molecule has 3 fully saturated rings. The molecule has 2 amide bonds. The molecule has 0 spiro atoms. The van der Waals surface area contributed by atoms with Crippen molar-refractivity contribution in [3.63, 3.8) is 0 Å². The molecule has 1 aromatic rings. The second-order valence-corrected chi connectivity index (χ2v) is 9.08. The predicted molar refractivity (Wildman–Crippen MR) is 111 cm³/mol. The highest BCUT2D eigenvalue weighted by molar-refractivity contribution is 6.08. The van der Waals surface area contributed by atoms with Gasteiger partial charge in [0.2, 0.25) is 11.8 Å². The van der Waals surface area contributed by atoms with Gasteiger partial charge >= 0.3 is 0 Å². The van der Waals surface area contributed by atoms with Crippen molar-refractivity contribution in [1.82, 2.24) is 9.80 Å². The van der Waals surface area contributed by atoms with Crippen molar-refractivity contribution in [2.75, 3.05) is 44.2 Å². The quantitative estimate of drug-likeness (QED) is 0.754. The number of anilines is 1. The molecule has 0 aromatic heterocycles. The Morgan fingerprint density at radius 1 is 0.964 bits per heavy atom. The lowest BCUT2D eigenvalue weighted by molar-refractivity contribution is -0.150. The fraction of sp³-hybridized carbons (Fsp3) is 0.652. The molecule has 0 bridgehead atoms. The molecule has 1 unspecified atom stereocenters. The number of hydrogen-bond donors (Lipinski definition) is 0. The molecule has 5 nitrogen and oxygen atoms in total. The zero-order chi connectivity index (χ0) is 19.9. The summed E-state index contributed by atoms with van der Waals surface area (Å²) in [6, 6.07) is 6.42. The molecule has 0 N–H and O–H groups in total. The van der Waals surface area contributed by atoms with Crippen LogP contribution in [0.15, 0.2) is 18.2 Å². The van der Waals surface area contributed by atoms with Gasteiger partial charge in [0.05, 0.1) is 0 Å². The van der Waals surface area contributed by atoms with Crippen LogP contribution in [0.4, 0.5) is 5.69 Å². The van der Waals surface area contributed by atoms with Gasteiger partial charge < -0.3 is 14.7 Å². The number of nitrogens with zero attached hydrogens (tertiary/aromatic N) is 3. The Bertz CT molecular complexity index is 763. The zero-order valence-electron chi connectivity index (χ0n) is 17.5. The zero-order valence-corrected chi connectivity index (χ0v) is 17.5. The van der Waals surface area contributed by atoms with Crippen molar-refractivity contribution in [2.45, 2.75) is 46.5 Å². The molecule has 28 heavy (non-hydrogen) atoms. The van der Waals surface area contributed by atoms with Crippen LogP contribution in [0.5, 0.6) is 0 Å². The largest absolute Gasteiger partial charge is 0.368 e. The van der Waals surface area contributed by atoms with Gasteiger partial charge in [0.25, 0.3) is 0 Å². The van der Waals surface area contributed by atoms with Crippen LogP contribution in [0, 0.1) is 25.2 Å². The Kier molecular flexibility index (Phi) is 5.11. The lowest BCUT2D eigenvalue weighted by atomic mass is 9.96. The molecule has 0 radical (unpaired) electrons. The molecule has 2 heterocycles. The topological polar surface area (TPSA) is 43.9 Å². The summed E-state index contributed by atoms with van der Waals surface area (Å²) in [6.07, 6.45) is 3.70. The average molecular weight is 384 g/mol. The van der Waals surface area contributed by atoms with Crippen LogP contribution in [0.1, 0.15) is 43.7 Å². The molecular weight excluding hydrogens is 350 g/mol. The Labute approximate surface area is 168 Å². The fourth-order valence-electron chi connectivity index (χ4n) is 4.85. The lowest BCUT2D eigenvalue weighted by Crippen LogP contribution is -2.54. The first-order chi connectivity index (χ1) is 13.4. The molecular formula is C23H33N3O2. The van der Waals surface area contributed by atoms with E-state index < -0.39 is 5.41 Å². The van der Waals surface area contributed by atoms with Crippen molar-refractivity contribution in [1.29, 1.82) is 0 Å². The van der Waals surface area contributed by atoms with Gasteiger partial charge in [0.15, 0.2) is 0 Å². The highest BCUT2D eigenvalue weighted by Crippen LogP contribution is 2.49. The highest BCUT2D eigenvalue weighted by atomic mass is 16.2. The third-order valence-corrected chi connectivity index (χ3v) is 7.00. The van der Waals surface area contributed by atoms with E-state index in [9.17, 15) is 9.59 Å². The first kappa shape index (κ1) is 19.3. The monoisotopic (exact) mass is 383 g/mol. The lowest BCUT2D eigenvalue weighted by Gasteiger charge is -2.39. The maximum Gasteiger partial charge on any atom is 0.238 e. The highest BCUT2D eigenvalue weighted by Gasteiger charge is 2.59. The van der Waals surface area contributed by atoms with Crippen LogP contribution in [-0.2, 0) is 9.59 Å². The van der Waals surface area contributed by atoms with Crippen LogP contribution in [0.2, 0.25) is 0 Å². The molecule has 1 aliphatic carbocycles. The molecule has 1 aromatic carbocycles. The maximum atomic E-state index is 13.3. The number of piperazine rings is 1. The Morgan fingerprint density at radius 3 is 2.29 bits per heavy atom. The van der Waals surface area contributed by atoms with E-state index in [4.69, 9.17) is 0 Å². The SMILES string of the molecule is Cc1cccc(N2CCN(C(=O)C3(C(=O)N4CCCC(C)C4)CC3)CC2)c1C. The van der Waals surface area contributed by atoms with Crippen LogP contribution in [0.25, 0.3) is 0 Å². The maximum absolute atomic E-state index is 13.3. The molecule has 2 saturated heterocycles. The normalized spacial score (nSPS) is 24.2. The molecule has 3 aliphatic rings. The number of likely N-dealkylation sites (tertiary alicyclic amines) is 1. The first-order valence-corrected chi connectivity index (χ1v) is 10.8. The van der Waals surface area contributed by atoms with Crippen LogP contribution < -0.4 is 4.90 Å². The van der Waals surface area contributed by atoms with Gasteiger partial charge in [-0.05, 0) is 62.6 Å². The standard InChI is InChI=1S/C23H33N3O2/c1-17-6-5-11-26(16-17)22(28)23(9-10-23)21(27)25-14-12-24(13-15-25)20-8-4-7-18(2)19(20)3/h4,7-8,17H,5-6,9-16H2,1-3H3. The number of carbonyl (C=O) groups excluding carboxylic acids is 2. The van der Waals surface area contributed by atoms with Crippen LogP contribution >= 0.6 is 0 Å². The van der Waals surface area contributed by atoms with E-state index in [0.29, 0.717) is 19.0 Å². The summed E-state index contributed by atoms with van der Waals surface area (Å²) < 4.78 is 0. The average Bonchev–Trinajstić information content (AvgIpc) is 3.51. The number of carbonyl (C=O) groups is 2. The summed E-state index contributed by atoms with van der Waals surface area (Å²) in [5.41, 5.74) is 3.15. The van der Waals surface area contributed by atoms with Crippen LogP contribution in [0.3, 0.4) is 0 Å². The van der Waals surface area contributed by atoms with Gasteiger partial charge in [-0.25, -0.2) is 0 Å². The van der Waals surface area contributed by atoms with Gasteiger partial charge in [0, 0.05) is 45.0 Å². The van der Waals surface area contributed by atoms with Gasteiger partial charge in [0.1, 0.15) is 5.41 Å². The van der Waals surface area contributed by atoms with Crippen molar-refractivity contribution in [3.8, 4) is 0 Å². The number of aryl methyl sites for hydroxylation is 1. The minimum atomic E-state index is -0.738. The third kappa shape index (κ3) is 3.40. The number of hydrogen-bond acceptors (Lipinski definition) is 3. The molecule has 1 saturated carbocycles. The second kappa shape index (κ2) is 7.41. The van der Waals surface area contributed by atoms with E-state index in [1.165, 1.54) is 23.2 Å². The minimum Gasteiger partial charge on any atom is -0.368 e. The molecule has 152 valence electrons. The number of amides is 2. The van der Waals surface area contributed by atoms with Gasteiger partial charge in [-0.2, -0.15) is 0 Å². The van der Waals surface area contributed by atoms with Gasteiger partial charge in [-0.3, -0.25) is 9.59 Å². The Hall–Kier alpha value is -2.04. The van der Waals surface area contributed by atoms with Crippen molar-refractivity contribution in [2.24, 2.45) is 11.3 Å². The summed E-state index contributed by atoms with van der Waals surface area (Å²) in [7, 11) is 0. The minimum absolute atomic E-state index is 0.0799. The van der Waals surface area contributed by atoms with E-state index in [1.54, 1.807) is 0 Å². The van der Waals surface area contributed by atoms with E-state index in [0.717, 1.165) is 45.4 Å². The summed E-state index contributed by atoms with van der Waals surface area (Å²) in [4.78, 5) is 32.7. The summed E-state index contributed by atoms with van der Waals surface area (Å²) in [6.45, 7) is 11.2. The van der Waals surface area contributed by atoms with E-state index in [-0.39, 0.29) is 11.8 Å². The predicted octanol–water partition coefficient (Wildman–Crippen LogP) is 2.99. The van der Waals surface area contributed by atoms with Crippen molar-refractivity contribution in [3.05, 3.63) is 29.3 Å². The molecule has 1 atom stereocenters. The summed E-state index contributed by atoms with van der Waals surface area (Å²) in [5, 5.41) is 0. The number of benzene rings is 1. The molecule has 5 heteroatoms. The molecule has 2 aliphatic heterocycles. The summed E-state index contributed by atoms with van der Waals surface area (Å²) in [5.74, 6) is 0.724. The molecule has 4 rings (SSSR count). The third-order valence-electron chi connectivity index (χ3n) is 7.00. The smallest absolute Gasteiger partial charge is 0.238 e. The van der Waals surface area contributed by atoms with Gasteiger partial charge in [-0.1, -0.05) is 19.1 Å². The first-order valence-electron chi connectivity index (χ1n) is 10.8. The van der Waals surface area contributed by atoms with Crippen LogP contribution in [-0.4, -0.2) is 60.9 Å². The number of piperidine rings is 1. The fourth-order valence-corrected chi connectivity index (χ4v) is 4.85.